The predicted molar refractivity (Wildman–Crippen MR) is 113 cm³/mol. The molecule has 1 saturated carbocycles. The highest BCUT2D eigenvalue weighted by atomic mass is 16.7. The van der Waals surface area contributed by atoms with Crippen LogP contribution in [0.1, 0.15) is 19.3 Å². The second-order valence-electron chi connectivity index (χ2n) is 9.28. The fourth-order valence-corrected chi connectivity index (χ4v) is 6.38. The number of piperidine rings is 1. The number of carbonyl (C=O) groups is 1. The summed E-state index contributed by atoms with van der Waals surface area (Å²) in [6.07, 6.45) is 5.70. The third-order valence-electron chi connectivity index (χ3n) is 7.74. The molecular formula is C24H26N2O5. The summed E-state index contributed by atoms with van der Waals surface area (Å²) >= 11 is 0. The van der Waals surface area contributed by atoms with E-state index in [1.807, 2.05) is 30.4 Å². The first kappa shape index (κ1) is 19.1. The Morgan fingerprint density at radius 3 is 2.90 bits per heavy atom. The van der Waals surface area contributed by atoms with Crippen LogP contribution in [-0.4, -0.2) is 58.8 Å². The number of likely N-dealkylation sites (tertiary alicyclic amines) is 1. The van der Waals surface area contributed by atoms with Crippen LogP contribution in [0.2, 0.25) is 0 Å². The van der Waals surface area contributed by atoms with Crippen LogP contribution >= 0.6 is 0 Å². The van der Waals surface area contributed by atoms with Gasteiger partial charge in [-0.05, 0) is 44.1 Å². The molecule has 2 bridgehead atoms. The fraction of sp³-hybridized carbons (Fsp3) is 0.458. The summed E-state index contributed by atoms with van der Waals surface area (Å²) in [5, 5.41) is 24.9. The maximum absolute atomic E-state index is 12.6. The zero-order valence-electron chi connectivity index (χ0n) is 17.3. The highest BCUT2D eigenvalue weighted by molar-refractivity contribution is 5.85. The van der Waals surface area contributed by atoms with Crippen LogP contribution < -0.4 is 5.32 Å². The van der Waals surface area contributed by atoms with Crippen LogP contribution in [0.5, 0.6) is 0 Å². The Morgan fingerprint density at radius 2 is 2.10 bits per heavy atom. The van der Waals surface area contributed by atoms with E-state index in [9.17, 15) is 15.0 Å². The molecular weight excluding hydrogens is 396 g/mol. The molecule has 6 atom stereocenters. The largest absolute Gasteiger partial charge is 0.483 e. The van der Waals surface area contributed by atoms with Crippen molar-refractivity contribution in [2.24, 2.45) is 11.3 Å². The van der Waals surface area contributed by atoms with Crippen LogP contribution in [-0.2, 0) is 9.47 Å². The summed E-state index contributed by atoms with van der Waals surface area (Å²) in [7, 11) is 2.15. The maximum Gasteiger partial charge on any atom is 0.414 e. The van der Waals surface area contributed by atoms with Crippen molar-refractivity contribution in [2.75, 3.05) is 18.9 Å². The average Bonchev–Trinajstić information content (AvgIpc) is 3.11. The first-order chi connectivity index (χ1) is 14.9. The van der Waals surface area contributed by atoms with Gasteiger partial charge in [0.2, 0.25) is 0 Å². The zero-order valence-corrected chi connectivity index (χ0v) is 17.3. The summed E-state index contributed by atoms with van der Waals surface area (Å²) in [6, 6.07) is 9.29. The van der Waals surface area contributed by atoms with Gasteiger partial charge in [-0.25, -0.2) is 4.79 Å². The average molecular weight is 422 g/mol. The number of carbonyl (C=O) groups excluding carboxylic acids is 1. The Morgan fingerprint density at radius 1 is 1.29 bits per heavy atom. The monoisotopic (exact) mass is 422 g/mol. The molecule has 2 heterocycles. The second-order valence-corrected chi connectivity index (χ2v) is 9.28. The van der Waals surface area contributed by atoms with E-state index in [2.05, 4.69) is 23.3 Å². The Kier molecular flexibility index (Phi) is 3.97. The summed E-state index contributed by atoms with van der Waals surface area (Å²) in [5.74, 6) is -1.41. The Balaban J connectivity index is 1.38. The summed E-state index contributed by atoms with van der Waals surface area (Å²) in [5.41, 5.74) is 2.26. The SMILES string of the molecule is CN1CC[C@]23C4=C5O[C@H]2[C@@H](O)C=C[C@H]3[C@H]1CC4=CCC5(O)OC(=O)Nc1ccccc1. The number of aliphatic hydroxyl groups excluding tert-OH is 1. The third-order valence-corrected chi connectivity index (χ3v) is 7.74. The van der Waals surface area contributed by atoms with Crippen LogP contribution in [0.15, 0.2) is 65.5 Å². The van der Waals surface area contributed by atoms with Gasteiger partial charge in [-0.3, -0.25) is 5.32 Å². The number of para-hydroxylation sites is 1. The number of ether oxygens (including phenoxy) is 2. The predicted octanol–water partition coefficient (Wildman–Crippen LogP) is 2.55. The number of amides is 1. The third kappa shape index (κ3) is 2.54. The minimum Gasteiger partial charge on any atom is -0.483 e. The van der Waals surface area contributed by atoms with Crippen molar-refractivity contribution in [2.45, 2.75) is 43.3 Å². The molecule has 3 aliphatic carbocycles. The van der Waals surface area contributed by atoms with E-state index in [0.717, 1.165) is 30.5 Å². The molecule has 2 fully saturated rings. The molecule has 6 rings (SSSR count). The van der Waals surface area contributed by atoms with Crippen molar-refractivity contribution in [1.82, 2.24) is 4.90 Å². The Bertz CT molecular complexity index is 1030. The van der Waals surface area contributed by atoms with E-state index < -0.39 is 29.5 Å². The molecule has 5 aliphatic rings. The number of hydrogen-bond acceptors (Lipinski definition) is 6. The maximum atomic E-state index is 12.6. The first-order valence-electron chi connectivity index (χ1n) is 10.9. The second kappa shape index (κ2) is 6.45. The molecule has 31 heavy (non-hydrogen) atoms. The molecule has 1 amide bonds. The molecule has 0 aromatic heterocycles. The lowest BCUT2D eigenvalue weighted by molar-refractivity contribution is -0.169. The molecule has 2 aliphatic heterocycles. The molecule has 0 radical (unpaired) electrons. The normalized spacial score (nSPS) is 40.0. The summed E-state index contributed by atoms with van der Waals surface area (Å²) in [6.45, 7) is 0.888. The quantitative estimate of drug-likeness (QED) is 0.501. The van der Waals surface area contributed by atoms with Crippen LogP contribution in [0, 0.1) is 11.3 Å². The fourth-order valence-electron chi connectivity index (χ4n) is 6.38. The van der Waals surface area contributed by atoms with Gasteiger partial charge >= 0.3 is 6.09 Å². The highest BCUT2D eigenvalue weighted by Crippen LogP contribution is 2.65. The summed E-state index contributed by atoms with van der Waals surface area (Å²) < 4.78 is 11.9. The minimum absolute atomic E-state index is 0.122. The molecule has 1 unspecified atom stereocenters. The molecule has 1 aromatic carbocycles. The Hall–Kier alpha value is -2.61. The van der Waals surface area contributed by atoms with Gasteiger partial charge in [-0.2, -0.15) is 0 Å². The number of rotatable bonds is 2. The lowest BCUT2D eigenvalue weighted by Gasteiger charge is -2.58. The van der Waals surface area contributed by atoms with E-state index in [1.54, 1.807) is 12.1 Å². The molecule has 3 N–H and O–H groups in total. The molecule has 1 saturated heterocycles. The number of nitrogens with zero attached hydrogens (tertiary/aromatic N) is 1. The van der Waals surface area contributed by atoms with Crippen molar-refractivity contribution in [3.63, 3.8) is 0 Å². The van der Waals surface area contributed by atoms with Crippen LogP contribution in [0.25, 0.3) is 0 Å². The van der Waals surface area contributed by atoms with E-state index in [0.29, 0.717) is 17.5 Å². The molecule has 1 aromatic rings. The number of nitrogens with one attached hydrogen (secondary N) is 1. The van der Waals surface area contributed by atoms with Gasteiger partial charge in [-0.1, -0.05) is 36.4 Å². The zero-order chi connectivity index (χ0) is 21.4. The molecule has 1 spiro atoms. The van der Waals surface area contributed by atoms with Gasteiger partial charge < -0.3 is 24.6 Å². The van der Waals surface area contributed by atoms with Gasteiger partial charge in [-0.15, -0.1) is 0 Å². The first-order valence-corrected chi connectivity index (χ1v) is 10.9. The Labute approximate surface area is 180 Å². The van der Waals surface area contributed by atoms with Crippen LogP contribution in [0.3, 0.4) is 0 Å². The summed E-state index contributed by atoms with van der Waals surface area (Å²) in [4.78, 5) is 15.0. The van der Waals surface area contributed by atoms with E-state index in [1.165, 1.54) is 0 Å². The number of anilines is 1. The van der Waals surface area contributed by atoms with Crippen LogP contribution in [0.4, 0.5) is 10.5 Å². The van der Waals surface area contributed by atoms with Gasteiger partial charge in [0.05, 0.1) is 0 Å². The van der Waals surface area contributed by atoms with Crippen molar-refractivity contribution in [3.8, 4) is 0 Å². The lowest BCUT2D eigenvalue weighted by atomic mass is 9.51. The topological polar surface area (TPSA) is 91.3 Å². The van der Waals surface area contributed by atoms with E-state index >= 15 is 0 Å². The van der Waals surface area contributed by atoms with E-state index in [4.69, 9.17) is 9.47 Å². The molecule has 7 heteroatoms. The van der Waals surface area contributed by atoms with Crippen molar-refractivity contribution < 1.29 is 24.5 Å². The van der Waals surface area contributed by atoms with Crippen molar-refractivity contribution in [3.05, 3.63) is 65.5 Å². The van der Waals surface area contributed by atoms with Crippen molar-refractivity contribution >= 4 is 11.8 Å². The van der Waals surface area contributed by atoms with E-state index in [-0.39, 0.29) is 12.3 Å². The lowest BCUT2D eigenvalue weighted by Crippen LogP contribution is -2.62. The van der Waals surface area contributed by atoms with Gasteiger partial charge in [0.1, 0.15) is 12.2 Å². The molecule has 162 valence electrons. The highest BCUT2D eigenvalue weighted by Gasteiger charge is 2.68. The number of benzene rings is 1. The number of aliphatic hydroxyl groups is 2. The van der Waals surface area contributed by atoms with Crippen molar-refractivity contribution in [1.29, 1.82) is 0 Å². The van der Waals surface area contributed by atoms with Gasteiger partial charge in [0.15, 0.2) is 5.76 Å². The minimum atomic E-state index is -1.90. The standard InChI is InChI=1S/C24H26N2O5/c1-26-12-11-23-16-7-8-18(27)20(23)30-21-19(23)14(13-17(16)26)9-10-24(21,29)31-22(28)25-15-5-3-2-4-6-15/h2-9,16-18,20,27,29H,10-13H2,1H3,(H,25,28)/t16-,17+,18-,20-,23-,24?/m0/s1. The van der Waals surface area contributed by atoms with Gasteiger partial charge in [0, 0.05) is 35.1 Å². The smallest absolute Gasteiger partial charge is 0.414 e. The number of hydrogen-bond donors (Lipinski definition) is 3. The van der Waals surface area contributed by atoms with Gasteiger partial charge in [0.25, 0.3) is 5.79 Å². The molecule has 7 nitrogen and oxygen atoms in total.